The van der Waals surface area contributed by atoms with Gasteiger partial charge in [0, 0.05) is 30.4 Å². The van der Waals surface area contributed by atoms with Gasteiger partial charge in [0.2, 0.25) is 5.91 Å². The number of hydrogen-bond donors (Lipinski definition) is 3. The number of likely N-dealkylation sites (tertiary alicyclic amines) is 1. The lowest BCUT2D eigenvalue weighted by atomic mass is 10.00. The molecule has 0 saturated carbocycles. The van der Waals surface area contributed by atoms with Crippen LogP contribution in [-0.4, -0.2) is 47.7 Å². The maximum absolute atomic E-state index is 11.8. The van der Waals surface area contributed by atoms with E-state index in [1.54, 1.807) is 6.08 Å². The van der Waals surface area contributed by atoms with Crippen LogP contribution in [0, 0.1) is 6.92 Å². The molecule has 0 spiro atoms. The van der Waals surface area contributed by atoms with Crippen LogP contribution in [0.2, 0.25) is 0 Å². The molecule has 3 rings (SSSR count). The number of hydrogen-bond acceptors (Lipinski definition) is 6. The molecule has 0 aromatic heterocycles. The Balaban J connectivity index is 1.63. The smallest absolute Gasteiger partial charge is 0.242 e. The van der Waals surface area contributed by atoms with Crippen molar-refractivity contribution >= 4 is 11.6 Å². The van der Waals surface area contributed by atoms with E-state index in [4.69, 9.17) is 15.5 Å². The molecule has 2 heterocycles. The van der Waals surface area contributed by atoms with E-state index in [1.807, 2.05) is 30.0 Å². The van der Waals surface area contributed by atoms with Crippen molar-refractivity contribution in [3.63, 3.8) is 0 Å². The van der Waals surface area contributed by atoms with Crippen molar-refractivity contribution < 1.29 is 19.7 Å². The first-order chi connectivity index (χ1) is 12.1. The highest BCUT2D eigenvalue weighted by molar-refractivity contribution is 5.82. The number of primary amides is 1. The molecule has 1 aromatic carbocycles. The van der Waals surface area contributed by atoms with Gasteiger partial charge in [0.05, 0.1) is 6.61 Å². The predicted octanol–water partition coefficient (Wildman–Crippen LogP) is 1.06. The molecular weight excluding hydrogens is 322 g/mol. The van der Waals surface area contributed by atoms with Gasteiger partial charge < -0.3 is 21.0 Å². The lowest BCUT2D eigenvalue weighted by molar-refractivity contribution is -0.240. The van der Waals surface area contributed by atoms with E-state index in [0.29, 0.717) is 12.4 Å². The number of anilines is 1. The summed E-state index contributed by atoms with van der Waals surface area (Å²) in [6.45, 7) is 3.84. The Morgan fingerprint density at radius 2 is 2.20 bits per heavy atom. The van der Waals surface area contributed by atoms with Gasteiger partial charge in [0.25, 0.3) is 0 Å². The number of aliphatic hydroxyl groups is 1. The molecule has 25 heavy (non-hydrogen) atoms. The molecule has 1 amide bonds. The first-order valence-electron chi connectivity index (χ1n) is 8.59. The van der Waals surface area contributed by atoms with Gasteiger partial charge in [-0.05, 0) is 31.4 Å². The Hall–Kier alpha value is -2.09. The molecule has 2 aliphatic rings. The summed E-state index contributed by atoms with van der Waals surface area (Å²) in [4.78, 5) is 23.8. The second-order valence-corrected chi connectivity index (χ2v) is 6.50. The third-order valence-electron chi connectivity index (χ3n) is 4.82. The summed E-state index contributed by atoms with van der Waals surface area (Å²) in [5.41, 5.74) is 8.59. The van der Waals surface area contributed by atoms with Crippen LogP contribution in [0.5, 0.6) is 0 Å². The number of amides is 1. The second-order valence-electron chi connectivity index (χ2n) is 6.50. The van der Waals surface area contributed by atoms with E-state index in [-0.39, 0.29) is 12.6 Å². The number of aliphatic hydroxyl groups excluding tert-OH is 1. The lowest BCUT2D eigenvalue weighted by Crippen LogP contribution is -2.51. The largest absolute Gasteiger partial charge is 0.392 e. The fourth-order valence-electron chi connectivity index (χ4n) is 3.48. The monoisotopic (exact) mass is 347 g/mol. The SMILES string of the molecule is Cc1cccc(CO)c1NC1CCN(C(C(N)=O)C2=CCOO2)CC1. The third kappa shape index (κ3) is 3.95. The third-order valence-corrected chi connectivity index (χ3v) is 4.82. The number of nitrogens with two attached hydrogens (primary N) is 1. The minimum atomic E-state index is -0.574. The quantitative estimate of drug-likeness (QED) is 0.666. The first-order valence-corrected chi connectivity index (χ1v) is 8.59. The molecule has 7 nitrogen and oxygen atoms in total. The molecule has 1 atom stereocenters. The highest BCUT2D eigenvalue weighted by Crippen LogP contribution is 2.26. The summed E-state index contributed by atoms with van der Waals surface area (Å²) in [5.74, 6) is 0.0602. The first kappa shape index (κ1) is 17.7. The molecular formula is C18H25N3O4. The topological polar surface area (TPSA) is 97.1 Å². The number of piperidine rings is 1. The van der Waals surface area contributed by atoms with E-state index < -0.39 is 11.9 Å². The Morgan fingerprint density at radius 1 is 1.44 bits per heavy atom. The highest BCUT2D eigenvalue weighted by Gasteiger charge is 2.34. The van der Waals surface area contributed by atoms with Crippen LogP contribution >= 0.6 is 0 Å². The van der Waals surface area contributed by atoms with Gasteiger partial charge >= 0.3 is 0 Å². The van der Waals surface area contributed by atoms with Crippen molar-refractivity contribution in [1.29, 1.82) is 0 Å². The fourth-order valence-corrected chi connectivity index (χ4v) is 3.48. The number of para-hydroxylation sites is 1. The number of aryl methyl sites for hydroxylation is 1. The molecule has 1 aromatic rings. The minimum absolute atomic E-state index is 0.0120. The lowest BCUT2D eigenvalue weighted by Gasteiger charge is -2.36. The summed E-state index contributed by atoms with van der Waals surface area (Å²) in [7, 11) is 0. The molecule has 136 valence electrons. The second kappa shape index (κ2) is 7.86. The molecule has 2 aliphatic heterocycles. The van der Waals surface area contributed by atoms with Crippen molar-refractivity contribution in [3.05, 3.63) is 41.2 Å². The molecule has 4 N–H and O–H groups in total. The molecule has 0 bridgehead atoms. The van der Waals surface area contributed by atoms with Gasteiger partial charge in [-0.3, -0.25) is 9.69 Å². The summed E-state index contributed by atoms with van der Waals surface area (Å²) in [6.07, 6.45) is 3.49. The standard InChI is InChI=1S/C18H25N3O4/c1-12-3-2-4-13(11-22)16(12)20-14-5-8-21(9-6-14)17(18(19)23)15-7-10-24-25-15/h2-4,7,14,17,20,22H,5-6,8-11H2,1H3,(H2,19,23). The zero-order valence-corrected chi connectivity index (χ0v) is 14.4. The van der Waals surface area contributed by atoms with Crippen LogP contribution in [0.25, 0.3) is 0 Å². The Bertz CT molecular complexity index is 654. The Morgan fingerprint density at radius 3 is 2.80 bits per heavy atom. The number of nitrogens with zero attached hydrogens (tertiary/aromatic N) is 1. The summed E-state index contributed by atoms with van der Waals surface area (Å²) in [5, 5.41) is 13.1. The summed E-state index contributed by atoms with van der Waals surface area (Å²) >= 11 is 0. The number of carbonyl (C=O) groups excluding carboxylic acids is 1. The molecule has 1 unspecified atom stereocenters. The summed E-state index contributed by atoms with van der Waals surface area (Å²) in [6, 6.07) is 5.62. The maximum atomic E-state index is 11.8. The zero-order chi connectivity index (χ0) is 17.8. The van der Waals surface area contributed by atoms with Crippen molar-refractivity contribution in [3.8, 4) is 0 Å². The predicted molar refractivity (Wildman–Crippen MR) is 93.4 cm³/mol. The van der Waals surface area contributed by atoms with E-state index in [9.17, 15) is 9.90 Å². The number of benzene rings is 1. The van der Waals surface area contributed by atoms with Gasteiger partial charge in [-0.15, -0.1) is 0 Å². The van der Waals surface area contributed by atoms with Crippen molar-refractivity contribution in [2.75, 3.05) is 25.0 Å². The average molecular weight is 347 g/mol. The molecule has 0 radical (unpaired) electrons. The van der Waals surface area contributed by atoms with E-state index in [1.165, 1.54) is 0 Å². The summed E-state index contributed by atoms with van der Waals surface area (Å²) < 4.78 is 0. The molecule has 0 aliphatic carbocycles. The van der Waals surface area contributed by atoms with Crippen LogP contribution in [0.3, 0.4) is 0 Å². The number of nitrogens with one attached hydrogen (secondary N) is 1. The van der Waals surface area contributed by atoms with Gasteiger partial charge in [-0.25, -0.2) is 0 Å². The molecule has 7 heteroatoms. The Kier molecular flexibility index (Phi) is 5.57. The van der Waals surface area contributed by atoms with Crippen molar-refractivity contribution in [2.24, 2.45) is 5.73 Å². The van der Waals surface area contributed by atoms with Crippen molar-refractivity contribution in [1.82, 2.24) is 4.90 Å². The van der Waals surface area contributed by atoms with Gasteiger partial charge in [-0.1, -0.05) is 18.2 Å². The highest BCUT2D eigenvalue weighted by atomic mass is 17.2. The minimum Gasteiger partial charge on any atom is -0.392 e. The average Bonchev–Trinajstić information content (AvgIpc) is 3.12. The van der Waals surface area contributed by atoms with Gasteiger partial charge in [0.1, 0.15) is 6.61 Å². The number of rotatable bonds is 6. The van der Waals surface area contributed by atoms with Crippen LogP contribution in [0.1, 0.15) is 24.0 Å². The van der Waals surface area contributed by atoms with Crippen LogP contribution in [-0.2, 0) is 21.2 Å². The van der Waals surface area contributed by atoms with Crippen LogP contribution in [0.15, 0.2) is 30.0 Å². The van der Waals surface area contributed by atoms with Crippen molar-refractivity contribution in [2.45, 2.75) is 38.5 Å². The number of carbonyl (C=O) groups is 1. The van der Waals surface area contributed by atoms with E-state index >= 15 is 0 Å². The Labute approximate surface area is 147 Å². The van der Waals surface area contributed by atoms with E-state index in [0.717, 1.165) is 42.7 Å². The van der Waals surface area contributed by atoms with Crippen LogP contribution < -0.4 is 11.1 Å². The van der Waals surface area contributed by atoms with Gasteiger partial charge in [-0.2, -0.15) is 4.89 Å². The fraction of sp³-hybridized carbons (Fsp3) is 0.500. The normalized spacial score (nSPS) is 20.0. The molecule has 1 saturated heterocycles. The maximum Gasteiger partial charge on any atom is 0.242 e. The van der Waals surface area contributed by atoms with E-state index in [2.05, 4.69) is 5.32 Å². The molecule has 1 fully saturated rings. The van der Waals surface area contributed by atoms with Crippen LogP contribution in [0.4, 0.5) is 5.69 Å². The zero-order valence-electron chi connectivity index (χ0n) is 14.4. The van der Waals surface area contributed by atoms with Gasteiger partial charge in [0.15, 0.2) is 11.8 Å².